The van der Waals surface area contributed by atoms with Crippen LogP contribution < -0.4 is 11.1 Å². The second-order valence-electron chi connectivity index (χ2n) is 9.15. The Hall–Kier alpha value is -3.95. The Morgan fingerprint density at radius 3 is 2.37 bits per heavy atom. The Morgan fingerprint density at radius 1 is 1.05 bits per heavy atom. The van der Waals surface area contributed by atoms with Crippen LogP contribution >= 0.6 is 0 Å². The van der Waals surface area contributed by atoms with Crippen molar-refractivity contribution in [2.75, 3.05) is 19.4 Å². The van der Waals surface area contributed by atoms with Gasteiger partial charge in [-0.2, -0.15) is 13.2 Å². The lowest BCUT2D eigenvalue weighted by Gasteiger charge is -2.24. The molecule has 0 radical (unpaired) electrons. The number of halogens is 3. The van der Waals surface area contributed by atoms with Crippen molar-refractivity contribution in [3.63, 3.8) is 0 Å². The van der Waals surface area contributed by atoms with Crippen molar-refractivity contribution < 1.29 is 28.2 Å². The van der Waals surface area contributed by atoms with E-state index in [-0.39, 0.29) is 12.1 Å². The molecule has 38 heavy (non-hydrogen) atoms. The molecule has 0 amide bonds. The molecule has 0 spiro atoms. The van der Waals surface area contributed by atoms with Gasteiger partial charge in [0.05, 0.1) is 12.2 Å². The third-order valence-electron chi connectivity index (χ3n) is 6.38. The van der Waals surface area contributed by atoms with E-state index in [9.17, 15) is 28.2 Å². The fourth-order valence-electron chi connectivity index (χ4n) is 3.94. The standard InChI is InChI=1S/C29H30F3N3O3/c1-18-20(5-4-6-24(18)21-9-11-23(16-34-3)26(33)14-21)8-10-22-13-19(7-12-25(22)29(30,31)32)15-35-28(2,17-36)27(37)38/h4-14,16,35-36H,15,17,33H2,1-3H3,(H,37,38)/b10-8+,34-16?/t28-/m0/s1. The Balaban J connectivity index is 1.97. The first-order valence-electron chi connectivity index (χ1n) is 11.8. The van der Waals surface area contributed by atoms with E-state index < -0.39 is 29.9 Å². The van der Waals surface area contributed by atoms with Gasteiger partial charge in [-0.05, 0) is 65.4 Å². The summed E-state index contributed by atoms with van der Waals surface area (Å²) in [6.45, 7) is 2.47. The molecule has 0 aliphatic rings. The molecule has 0 aliphatic heterocycles. The normalized spacial score (nSPS) is 13.8. The molecular formula is C29H30F3N3O3. The van der Waals surface area contributed by atoms with Crippen LogP contribution in [0.5, 0.6) is 0 Å². The Kier molecular flexibility index (Phi) is 8.75. The zero-order valence-electron chi connectivity index (χ0n) is 21.3. The second-order valence-corrected chi connectivity index (χ2v) is 9.15. The van der Waals surface area contributed by atoms with E-state index in [1.165, 1.54) is 25.1 Å². The third-order valence-corrected chi connectivity index (χ3v) is 6.38. The molecule has 0 fully saturated rings. The van der Waals surface area contributed by atoms with Crippen LogP contribution in [0.25, 0.3) is 23.3 Å². The van der Waals surface area contributed by atoms with Crippen LogP contribution in [0.1, 0.15) is 40.3 Å². The predicted octanol–water partition coefficient (Wildman–Crippen LogP) is 5.41. The Bertz CT molecular complexity index is 1380. The number of rotatable bonds is 9. The number of nitrogens with one attached hydrogen (secondary N) is 1. The molecule has 6 nitrogen and oxygen atoms in total. The van der Waals surface area contributed by atoms with Crippen molar-refractivity contribution in [1.29, 1.82) is 0 Å². The van der Waals surface area contributed by atoms with Crippen molar-refractivity contribution in [2.24, 2.45) is 4.99 Å². The molecule has 0 saturated carbocycles. The molecule has 200 valence electrons. The van der Waals surface area contributed by atoms with Gasteiger partial charge in [-0.3, -0.25) is 15.1 Å². The molecule has 0 bridgehead atoms. The van der Waals surface area contributed by atoms with E-state index in [4.69, 9.17) is 5.73 Å². The summed E-state index contributed by atoms with van der Waals surface area (Å²) in [5, 5.41) is 21.4. The van der Waals surface area contributed by atoms with E-state index in [1.54, 1.807) is 19.3 Å². The zero-order valence-corrected chi connectivity index (χ0v) is 21.3. The number of carboxylic acids is 1. The van der Waals surface area contributed by atoms with E-state index >= 15 is 0 Å². The lowest BCUT2D eigenvalue weighted by Crippen LogP contribution is -2.52. The lowest BCUT2D eigenvalue weighted by molar-refractivity contribution is -0.146. The van der Waals surface area contributed by atoms with Gasteiger partial charge in [-0.25, -0.2) is 0 Å². The van der Waals surface area contributed by atoms with Gasteiger partial charge < -0.3 is 15.9 Å². The topological polar surface area (TPSA) is 108 Å². The van der Waals surface area contributed by atoms with Gasteiger partial charge in [-0.1, -0.05) is 48.6 Å². The third kappa shape index (κ3) is 6.48. The number of nitrogen functional groups attached to an aromatic ring is 1. The number of alkyl halides is 3. The summed E-state index contributed by atoms with van der Waals surface area (Å²) in [5.74, 6) is -1.27. The van der Waals surface area contributed by atoms with Crippen molar-refractivity contribution in [2.45, 2.75) is 32.1 Å². The van der Waals surface area contributed by atoms with Gasteiger partial charge in [0.25, 0.3) is 0 Å². The summed E-state index contributed by atoms with van der Waals surface area (Å²) < 4.78 is 41.3. The molecular weight excluding hydrogens is 495 g/mol. The fourth-order valence-corrected chi connectivity index (χ4v) is 3.94. The average Bonchev–Trinajstić information content (AvgIpc) is 2.87. The van der Waals surface area contributed by atoms with Gasteiger partial charge in [-0.15, -0.1) is 0 Å². The van der Waals surface area contributed by atoms with Crippen molar-refractivity contribution >= 4 is 30.0 Å². The number of carboxylic acid groups (broad SMARTS) is 1. The number of aliphatic carboxylic acids is 1. The van der Waals surface area contributed by atoms with Gasteiger partial charge >= 0.3 is 12.1 Å². The summed E-state index contributed by atoms with van der Waals surface area (Å²) >= 11 is 0. The molecule has 0 unspecified atom stereocenters. The Labute approximate surface area is 219 Å². The number of nitrogens with two attached hydrogens (primary N) is 1. The maximum atomic E-state index is 13.8. The van der Waals surface area contributed by atoms with Crippen LogP contribution in [0.4, 0.5) is 18.9 Å². The number of aliphatic hydroxyl groups is 1. The lowest BCUT2D eigenvalue weighted by atomic mass is 9.94. The summed E-state index contributed by atoms with van der Waals surface area (Å²) in [6.07, 6.45) is 0.108. The number of nitrogens with zero attached hydrogens (tertiary/aromatic N) is 1. The van der Waals surface area contributed by atoms with Crippen LogP contribution in [0, 0.1) is 6.92 Å². The van der Waals surface area contributed by atoms with Crippen LogP contribution in [0.3, 0.4) is 0 Å². The van der Waals surface area contributed by atoms with Crippen LogP contribution in [-0.4, -0.2) is 41.6 Å². The first-order chi connectivity index (χ1) is 17.9. The minimum Gasteiger partial charge on any atom is -0.480 e. The SMILES string of the molecule is CN=Cc1ccc(-c2cccc(/C=C/c3cc(CN[C@@](C)(CO)C(=O)O)ccc3C(F)(F)F)c2C)cc1N. The highest BCUT2D eigenvalue weighted by Gasteiger charge is 2.34. The van der Waals surface area contributed by atoms with Crippen LogP contribution in [0.15, 0.2) is 59.6 Å². The monoisotopic (exact) mass is 525 g/mol. The first-order valence-corrected chi connectivity index (χ1v) is 11.8. The quantitative estimate of drug-likeness (QED) is 0.170. The van der Waals surface area contributed by atoms with Crippen molar-refractivity contribution in [3.05, 3.63) is 88.0 Å². The van der Waals surface area contributed by atoms with Gasteiger partial charge in [0, 0.05) is 31.1 Å². The number of hydrogen-bond acceptors (Lipinski definition) is 5. The molecule has 5 N–H and O–H groups in total. The van der Waals surface area contributed by atoms with E-state index in [0.717, 1.165) is 33.9 Å². The number of aliphatic imine (C=N–C) groups is 1. The number of anilines is 1. The number of benzene rings is 3. The smallest absolute Gasteiger partial charge is 0.416 e. The number of hydrogen-bond donors (Lipinski definition) is 4. The summed E-state index contributed by atoms with van der Waals surface area (Å²) in [5.41, 5.74) is 8.82. The largest absolute Gasteiger partial charge is 0.480 e. The predicted molar refractivity (Wildman–Crippen MR) is 145 cm³/mol. The summed E-state index contributed by atoms with van der Waals surface area (Å²) in [6, 6.07) is 14.8. The molecule has 0 heterocycles. The Morgan fingerprint density at radius 2 is 1.76 bits per heavy atom. The highest BCUT2D eigenvalue weighted by molar-refractivity contribution is 5.89. The van der Waals surface area contributed by atoms with E-state index in [0.29, 0.717) is 11.3 Å². The highest BCUT2D eigenvalue weighted by atomic mass is 19.4. The molecule has 1 atom stereocenters. The van der Waals surface area contributed by atoms with Crippen LogP contribution in [-0.2, 0) is 17.5 Å². The van der Waals surface area contributed by atoms with Gasteiger partial charge in [0.15, 0.2) is 0 Å². The average molecular weight is 526 g/mol. The molecule has 3 rings (SSSR count). The summed E-state index contributed by atoms with van der Waals surface area (Å²) in [7, 11) is 1.66. The van der Waals surface area contributed by atoms with Crippen molar-refractivity contribution in [1.82, 2.24) is 5.32 Å². The maximum absolute atomic E-state index is 13.8. The maximum Gasteiger partial charge on any atom is 0.416 e. The van der Waals surface area contributed by atoms with Crippen LogP contribution in [0.2, 0.25) is 0 Å². The second kappa shape index (κ2) is 11.6. The first kappa shape index (κ1) is 28.6. The molecule has 9 heteroatoms. The fraction of sp³-hybridized carbons (Fsp3) is 0.241. The number of carbonyl (C=O) groups is 1. The molecule has 3 aromatic rings. The van der Waals surface area contributed by atoms with E-state index in [2.05, 4.69) is 10.3 Å². The minimum absolute atomic E-state index is 0.0446. The summed E-state index contributed by atoms with van der Waals surface area (Å²) in [4.78, 5) is 15.4. The van der Waals surface area contributed by atoms with Gasteiger partial charge in [0.2, 0.25) is 0 Å². The van der Waals surface area contributed by atoms with Crippen molar-refractivity contribution in [3.8, 4) is 11.1 Å². The molecule has 0 aromatic heterocycles. The zero-order chi connectivity index (χ0) is 28.1. The highest BCUT2D eigenvalue weighted by Crippen LogP contribution is 2.34. The minimum atomic E-state index is -4.58. The van der Waals surface area contributed by atoms with Gasteiger partial charge in [0.1, 0.15) is 5.54 Å². The molecule has 3 aromatic carbocycles. The number of aliphatic hydroxyl groups excluding tert-OH is 1. The van der Waals surface area contributed by atoms with E-state index in [1.807, 2.05) is 43.3 Å². The molecule has 0 aliphatic carbocycles. The molecule has 0 saturated heterocycles.